The third-order valence-electron chi connectivity index (χ3n) is 3.79. The maximum atomic E-state index is 9.21. The van der Waals surface area contributed by atoms with E-state index < -0.39 is 0 Å². The SMILES string of the molecule is CC1(C)CCCC(NC2CC(O)C2)C1. The molecule has 2 aliphatic rings. The molecule has 2 fully saturated rings. The Labute approximate surface area is 87.1 Å². The van der Waals surface area contributed by atoms with Gasteiger partial charge in [0.25, 0.3) is 0 Å². The lowest BCUT2D eigenvalue weighted by atomic mass is 9.74. The normalized spacial score (nSPS) is 41.8. The lowest BCUT2D eigenvalue weighted by Gasteiger charge is -2.41. The first-order valence-corrected chi connectivity index (χ1v) is 5.99. The van der Waals surface area contributed by atoms with E-state index in [0.29, 0.717) is 17.5 Å². The van der Waals surface area contributed by atoms with Gasteiger partial charge in [0, 0.05) is 12.1 Å². The highest BCUT2D eigenvalue weighted by Crippen LogP contribution is 2.36. The maximum absolute atomic E-state index is 9.21. The molecule has 0 bridgehead atoms. The Morgan fingerprint density at radius 2 is 1.93 bits per heavy atom. The van der Waals surface area contributed by atoms with Gasteiger partial charge in [0.05, 0.1) is 6.10 Å². The zero-order chi connectivity index (χ0) is 10.2. The summed E-state index contributed by atoms with van der Waals surface area (Å²) >= 11 is 0. The van der Waals surface area contributed by atoms with E-state index in [4.69, 9.17) is 0 Å². The Hall–Kier alpha value is -0.0800. The number of nitrogens with one attached hydrogen (secondary N) is 1. The fourth-order valence-corrected chi connectivity index (χ4v) is 2.90. The lowest BCUT2D eigenvalue weighted by molar-refractivity contribution is 0.0501. The second-order valence-electron chi connectivity index (χ2n) is 5.95. The number of aliphatic hydroxyl groups is 1. The highest BCUT2D eigenvalue weighted by molar-refractivity contribution is 4.90. The Balaban J connectivity index is 1.75. The third kappa shape index (κ3) is 2.48. The standard InChI is InChI=1S/C12H23NO/c1-12(2)5-3-4-9(8-12)13-10-6-11(14)7-10/h9-11,13-14H,3-8H2,1-2H3. The van der Waals surface area contributed by atoms with Gasteiger partial charge in [-0.3, -0.25) is 0 Å². The second kappa shape index (κ2) is 3.82. The number of hydrogen-bond acceptors (Lipinski definition) is 2. The number of rotatable bonds is 2. The van der Waals surface area contributed by atoms with Gasteiger partial charge >= 0.3 is 0 Å². The fraction of sp³-hybridized carbons (Fsp3) is 1.00. The van der Waals surface area contributed by atoms with E-state index in [9.17, 15) is 5.11 Å². The molecule has 0 amide bonds. The Morgan fingerprint density at radius 1 is 1.21 bits per heavy atom. The summed E-state index contributed by atoms with van der Waals surface area (Å²) in [6, 6.07) is 1.31. The molecule has 1 atom stereocenters. The van der Waals surface area contributed by atoms with Gasteiger partial charge in [0.2, 0.25) is 0 Å². The molecule has 2 aliphatic carbocycles. The van der Waals surface area contributed by atoms with E-state index in [1.165, 1.54) is 25.7 Å². The Kier molecular flexibility index (Phi) is 2.85. The maximum Gasteiger partial charge on any atom is 0.0570 e. The molecule has 14 heavy (non-hydrogen) atoms. The molecule has 2 N–H and O–H groups in total. The molecule has 0 aliphatic heterocycles. The van der Waals surface area contributed by atoms with Gasteiger partial charge in [0.15, 0.2) is 0 Å². The molecule has 0 heterocycles. The summed E-state index contributed by atoms with van der Waals surface area (Å²) in [6.45, 7) is 4.74. The van der Waals surface area contributed by atoms with Crippen LogP contribution in [0.2, 0.25) is 0 Å². The van der Waals surface area contributed by atoms with Crippen LogP contribution in [-0.2, 0) is 0 Å². The van der Waals surface area contributed by atoms with Crippen molar-refractivity contribution in [3.05, 3.63) is 0 Å². The van der Waals surface area contributed by atoms with Crippen LogP contribution in [0.1, 0.15) is 52.4 Å². The first kappa shape index (κ1) is 10.4. The van der Waals surface area contributed by atoms with Crippen molar-refractivity contribution in [2.75, 3.05) is 0 Å². The van der Waals surface area contributed by atoms with Crippen molar-refractivity contribution in [3.63, 3.8) is 0 Å². The molecule has 1 unspecified atom stereocenters. The monoisotopic (exact) mass is 197 g/mol. The van der Waals surface area contributed by atoms with Crippen molar-refractivity contribution in [1.82, 2.24) is 5.32 Å². The Morgan fingerprint density at radius 3 is 2.50 bits per heavy atom. The van der Waals surface area contributed by atoms with Crippen LogP contribution in [0.3, 0.4) is 0 Å². The van der Waals surface area contributed by atoms with E-state index in [2.05, 4.69) is 19.2 Å². The van der Waals surface area contributed by atoms with Crippen LogP contribution in [-0.4, -0.2) is 23.3 Å². The van der Waals surface area contributed by atoms with E-state index in [1.54, 1.807) is 0 Å². The quantitative estimate of drug-likeness (QED) is 0.710. The van der Waals surface area contributed by atoms with Crippen LogP contribution in [0, 0.1) is 5.41 Å². The molecular formula is C12H23NO. The molecular weight excluding hydrogens is 174 g/mol. The van der Waals surface area contributed by atoms with Crippen LogP contribution < -0.4 is 5.32 Å². The third-order valence-corrected chi connectivity index (χ3v) is 3.79. The van der Waals surface area contributed by atoms with Gasteiger partial charge in [-0.15, -0.1) is 0 Å². The van der Waals surface area contributed by atoms with Crippen LogP contribution in [0.25, 0.3) is 0 Å². The molecule has 2 nitrogen and oxygen atoms in total. The van der Waals surface area contributed by atoms with Gasteiger partial charge in [-0.05, 0) is 37.5 Å². The average Bonchev–Trinajstić information content (AvgIpc) is 1.99. The molecule has 82 valence electrons. The summed E-state index contributed by atoms with van der Waals surface area (Å²) in [7, 11) is 0. The van der Waals surface area contributed by atoms with Gasteiger partial charge in [0.1, 0.15) is 0 Å². The highest BCUT2D eigenvalue weighted by atomic mass is 16.3. The van der Waals surface area contributed by atoms with E-state index in [1.807, 2.05) is 0 Å². The molecule has 2 heteroatoms. The average molecular weight is 197 g/mol. The second-order valence-corrected chi connectivity index (χ2v) is 5.95. The van der Waals surface area contributed by atoms with Crippen molar-refractivity contribution in [2.24, 2.45) is 5.41 Å². The highest BCUT2D eigenvalue weighted by Gasteiger charge is 2.33. The predicted octanol–water partition coefficient (Wildman–Crippen LogP) is 2.07. The largest absolute Gasteiger partial charge is 0.393 e. The van der Waals surface area contributed by atoms with Gasteiger partial charge in [-0.1, -0.05) is 20.3 Å². The van der Waals surface area contributed by atoms with Crippen molar-refractivity contribution in [1.29, 1.82) is 0 Å². The first-order valence-electron chi connectivity index (χ1n) is 5.99. The minimum absolute atomic E-state index is 0.0240. The van der Waals surface area contributed by atoms with E-state index >= 15 is 0 Å². The fourth-order valence-electron chi connectivity index (χ4n) is 2.90. The van der Waals surface area contributed by atoms with Crippen LogP contribution in [0.4, 0.5) is 0 Å². The Bertz CT molecular complexity index is 196. The molecule has 0 aromatic heterocycles. The summed E-state index contributed by atoms with van der Waals surface area (Å²) < 4.78 is 0. The zero-order valence-electron chi connectivity index (χ0n) is 9.42. The minimum Gasteiger partial charge on any atom is -0.393 e. The molecule has 0 saturated heterocycles. The summed E-state index contributed by atoms with van der Waals surface area (Å²) in [5.41, 5.74) is 0.526. The van der Waals surface area contributed by atoms with E-state index in [-0.39, 0.29) is 6.10 Å². The van der Waals surface area contributed by atoms with Gasteiger partial charge in [-0.2, -0.15) is 0 Å². The van der Waals surface area contributed by atoms with Gasteiger partial charge < -0.3 is 10.4 Å². The summed E-state index contributed by atoms with van der Waals surface area (Å²) in [6.07, 6.45) is 7.28. The van der Waals surface area contributed by atoms with E-state index in [0.717, 1.165) is 12.8 Å². The topological polar surface area (TPSA) is 32.3 Å². The first-order chi connectivity index (χ1) is 6.55. The van der Waals surface area contributed by atoms with Crippen molar-refractivity contribution >= 4 is 0 Å². The lowest BCUT2D eigenvalue weighted by Crippen LogP contribution is -2.50. The minimum atomic E-state index is -0.0240. The number of hydrogen-bond donors (Lipinski definition) is 2. The zero-order valence-corrected chi connectivity index (χ0v) is 9.42. The molecule has 2 saturated carbocycles. The van der Waals surface area contributed by atoms with Crippen LogP contribution in [0.15, 0.2) is 0 Å². The summed E-state index contributed by atoms with van der Waals surface area (Å²) in [5, 5.41) is 12.9. The van der Waals surface area contributed by atoms with Crippen LogP contribution in [0.5, 0.6) is 0 Å². The smallest absolute Gasteiger partial charge is 0.0570 e. The van der Waals surface area contributed by atoms with Crippen molar-refractivity contribution in [3.8, 4) is 0 Å². The number of aliphatic hydroxyl groups excluding tert-OH is 1. The molecule has 0 aromatic rings. The summed E-state index contributed by atoms with van der Waals surface area (Å²) in [4.78, 5) is 0. The summed E-state index contributed by atoms with van der Waals surface area (Å²) in [5.74, 6) is 0. The molecule has 0 aromatic carbocycles. The molecule has 0 radical (unpaired) electrons. The van der Waals surface area contributed by atoms with Crippen molar-refractivity contribution in [2.45, 2.75) is 70.6 Å². The van der Waals surface area contributed by atoms with Crippen LogP contribution >= 0.6 is 0 Å². The predicted molar refractivity (Wildman–Crippen MR) is 58.2 cm³/mol. The molecule has 0 spiro atoms. The molecule has 2 rings (SSSR count). The van der Waals surface area contributed by atoms with Crippen molar-refractivity contribution < 1.29 is 5.11 Å². The van der Waals surface area contributed by atoms with Gasteiger partial charge in [-0.25, -0.2) is 0 Å².